The summed E-state index contributed by atoms with van der Waals surface area (Å²) in [5, 5.41) is 0. The summed E-state index contributed by atoms with van der Waals surface area (Å²) in [5.41, 5.74) is 8.21. The number of piperazine rings is 1. The van der Waals surface area contributed by atoms with Crippen LogP contribution in [0.25, 0.3) is 0 Å². The second-order valence-electron chi connectivity index (χ2n) is 4.99. The van der Waals surface area contributed by atoms with E-state index >= 15 is 0 Å². The van der Waals surface area contributed by atoms with E-state index in [-0.39, 0.29) is 6.04 Å². The lowest BCUT2D eigenvalue weighted by molar-refractivity contribution is 0.312. The second kappa shape index (κ2) is 5.02. The third kappa shape index (κ3) is 2.76. The number of nitrogens with zero attached hydrogens (tertiary/aromatic N) is 3. The average molecular weight is 234 g/mol. The molecule has 1 aromatic heterocycles. The molecule has 2 rings (SSSR count). The highest BCUT2D eigenvalue weighted by Gasteiger charge is 2.17. The van der Waals surface area contributed by atoms with Crippen molar-refractivity contribution in [3.8, 4) is 0 Å². The topological polar surface area (TPSA) is 45.4 Å². The van der Waals surface area contributed by atoms with Gasteiger partial charge in [-0.1, -0.05) is 0 Å². The molecule has 2 heterocycles. The molecule has 0 aromatic carbocycles. The first-order chi connectivity index (χ1) is 8.08. The number of anilines is 1. The van der Waals surface area contributed by atoms with Gasteiger partial charge in [0.05, 0.1) is 0 Å². The quantitative estimate of drug-likeness (QED) is 0.834. The molecule has 0 aliphatic carbocycles. The minimum atomic E-state index is 0.0581. The van der Waals surface area contributed by atoms with E-state index in [1.165, 1.54) is 5.56 Å². The maximum absolute atomic E-state index is 5.87. The van der Waals surface area contributed by atoms with Gasteiger partial charge in [0.15, 0.2) is 0 Å². The summed E-state index contributed by atoms with van der Waals surface area (Å²) < 4.78 is 0. The standard InChI is InChI=1S/C13H22N4/c1-10-8-12(11(2)14)9-15-13(10)17-6-4-16(3)5-7-17/h8-9,11H,4-7,14H2,1-3H3/t11-/m1/s1. The molecule has 1 fully saturated rings. The molecular weight excluding hydrogens is 212 g/mol. The zero-order valence-electron chi connectivity index (χ0n) is 11.0. The van der Waals surface area contributed by atoms with Crippen molar-refractivity contribution in [3.63, 3.8) is 0 Å². The van der Waals surface area contributed by atoms with Crippen LogP contribution < -0.4 is 10.6 Å². The van der Waals surface area contributed by atoms with Crippen molar-refractivity contribution < 1.29 is 0 Å². The van der Waals surface area contributed by atoms with Crippen molar-refractivity contribution in [1.82, 2.24) is 9.88 Å². The summed E-state index contributed by atoms with van der Waals surface area (Å²) in [4.78, 5) is 9.29. The molecule has 17 heavy (non-hydrogen) atoms. The van der Waals surface area contributed by atoms with Crippen LogP contribution in [0.5, 0.6) is 0 Å². The van der Waals surface area contributed by atoms with Crippen molar-refractivity contribution >= 4 is 5.82 Å². The van der Waals surface area contributed by atoms with E-state index in [2.05, 4.69) is 34.8 Å². The van der Waals surface area contributed by atoms with Gasteiger partial charge in [0.25, 0.3) is 0 Å². The van der Waals surface area contributed by atoms with Gasteiger partial charge in [-0.3, -0.25) is 0 Å². The molecule has 1 aliphatic heterocycles. The number of hydrogen-bond donors (Lipinski definition) is 1. The molecule has 0 saturated carbocycles. The fraction of sp³-hybridized carbons (Fsp3) is 0.615. The Bertz CT molecular complexity index is 381. The molecule has 0 unspecified atom stereocenters. The van der Waals surface area contributed by atoms with Crippen LogP contribution in [0.15, 0.2) is 12.3 Å². The molecule has 0 bridgehead atoms. The minimum absolute atomic E-state index is 0.0581. The largest absolute Gasteiger partial charge is 0.354 e. The lowest BCUT2D eigenvalue weighted by Crippen LogP contribution is -2.45. The first kappa shape index (κ1) is 12.3. The van der Waals surface area contributed by atoms with Crippen molar-refractivity contribution in [2.24, 2.45) is 5.73 Å². The maximum atomic E-state index is 5.87. The Morgan fingerprint density at radius 1 is 1.29 bits per heavy atom. The van der Waals surface area contributed by atoms with E-state index in [4.69, 9.17) is 5.73 Å². The molecule has 94 valence electrons. The number of aromatic nitrogens is 1. The predicted octanol–water partition coefficient (Wildman–Crippen LogP) is 1.16. The monoisotopic (exact) mass is 234 g/mol. The van der Waals surface area contributed by atoms with Gasteiger partial charge in [0.2, 0.25) is 0 Å². The molecule has 0 spiro atoms. The Hall–Kier alpha value is -1.13. The Morgan fingerprint density at radius 2 is 1.94 bits per heavy atom. The van der Waals surface area contributed by atoms with Crippen LogP contribution in [-0.2, 0) is 0 Å². The first-order valence-electron chi connectivity index (χ1n) is 6.23. The molecule has 4 heteroatoms. The molecule has 1 aromatic rings. The van der Waals surface area contributed by atoms with E-state index < -0.39 is 0 Å². The second-order valence-corrected chi connectivity index (χ2v) is 4.99. The first-order valence-corrected chi connectivity index (χ1v) is 6.23. The maximum Gasteiger partial charge on any atom is 0.131 e. The van der Waals surface area contributed by atoms with Gasteiger partial charge >= 0.3 is 0 Å². The van der Waals surface area contributed by atoms with Gasteiger partial charge in [-0.05, 0) is 38.1 Å². The Morgan fingerprint density at radius 3 is 2.47 bits per heavy atom. The number of rotatable bonds is 2. The summed E-state index contributed by atoms with van der Waals surface area (Å²) in [7, 11) is 2.16. The highest BCUT2D eigenvalue weighted by Crippen LogP contribution is 2.21. The van der Waals surface area contributed by atoms with Crippen LogP contribution in [0.1, 0.15) is 24.1 Å². The molecule has 1 atom stereocenters. The van der Waals surface area contributed by atoms with Gasteiger partial charge < -0.3 is 15.5 Å². The third-order valence-corrected chi connectivity index (χ3v) is 3.40. The van der Waals surface area contributed by atoms with Crippen LogP contribution in [0.2, 0.25) is 0 Å². The third-order valence-electron chi connectivity index (χ3n) is 3.40. The molecule has 2 N–H and O–H groups in total. The molecule has 1 aliphatic rings. The number of aryl methyl sites for hydroxylation is 1. The Labute approximate surface area is 103 Å². The summed E-state index contributed by atoms with van der Waals surface area (Å²) in [6.07, 6.45) is 1.91. The van der Waals surface area contributed by atoms with Crippen LogP contribution in [0, 0.1) is 6.92 Å². The van der Waals surface area contributed by atoms with E-state index in [0.717, 1.165) is 37.6 Å². The van der Waals surface area contributed by atoms with Crippen LogP contribution in [-0.4, -0.2) is 43.1 Å². The van der Waals surface area contributed by atoms with E-state index in [0.29, 0.717) is 0 Å². The van der Waals surface area contributed by atoms with Crippen molar-refractivity contribution in [1.29, 1.82) is 0 Å². The molecule has 1 saturated heterocycles. The van der Waals surface area contributed by atoms with Crippen molar-refractivity contribution in [2.75, 3.05) is 38.1 Å². The van der Waals surface area contributed by atoms with Crippen LogP contribution in [0.4, 0.5) is 5.82 Å². The number of nitrogens with two attached hydrogens (primary N) is 1. The molecule has 4 nitrogen and oxygen atoms in total. The van der Waals surface area contributed by atoms with E-state index in [1.807, 2.05) is 13.1 Å². The van der Waals surface area contributed by atoms with Gasteiger partial charge in [-0.25, -0.2) is 4.98 Å². The molecular formula is C13H22N4. The highest BCUT2D eigenvalue weighted by atomic mass is 15.3. The fourth-order valence-electron chi connectivity index (χ4n) is 2.19. The van der Waals surface area contributed by atoms with E-state index in [1.54, 1.807) is 0 Å². The number of likely N-dealkylation sites (N-methyl/N-ethyl adjacent to an activating group) is 1. The lowest BCUT2D eigenvalue weighted by Gasteiger charge is -2.34. The number of hydrogen-bond acceptors (Lipinski definition) is 4. The van der Waals surface area contributed by atoms with Crippen LogP contribution in [0.3, 0.4) is 0 Å². The van der Waals surface area contributed by atoms with Crippen LogP contribution >= 0.6 is 0 Å². The summed E-state index contributed by atoms with van der Waals surface area (Å²) in [6.45, 7) is 8.44. The zero-order chi connectivity index (χ0) is 12.4. The Balaban J connectivity index is 2.16. The highest BCUT2D eigenvalue weighted by molar-refractivity contribution is 5.48. The summed E-state index contributed by atoms with van der Waals surface area (Å²) >= 11 is 0. The predicted molar refractivity (Wildman–Crippen MR) is 71.3 cm³/mol. The van der Waals surface area contributed by atoms with E-state index in [9.17, 15) is 0 Å². The van der Waals surface area contributed by atoms with Gasteiger partial charge in [-0.2, -0.15) is 0 Å². The summed E-state index contributed by atoms with van der Waals surface area (Å²) in [5.74, 6) is 1.11. The number of pyridine rings is 1. The smallest absolute Gasteiger partial charge is 0.131 e. The molecule has 0 radical (unpaired) electrons. The van der Waals surface area contributed by atoms with Gasteiger partial charge in [0, 0.05) is 38.4 Å². The zero-order valence-corrected chi connectivity index (χ0v) is 11.0. The van der Waals surface area contributed by atoms with Gasteiger partial charge in [0.1, 0.15) is 5.82 Å². The SMILES string of the molecule is Cc1cc([C@@H](C)N)cnc1N1CCN(C)CC1. The van der Waals surface area contributed by atoms with Gasteiger partial charge in [-0.15, -0.1) is 0 Å². The average Bonchev–Trinajstić information content (AvgIpc) is 2.30. The fourth-order valence-corrected chi connectivity index (χ4v) is 2.19. The summed E-state index contributed by atoms with van der Waals surface area (Å²) in [6, 6.07) is 2.22. The van der Waals surface area contributed by atoms with Crippen molar-refractivity contribution in [3.05, 3.63) is 23.4 Å². The van der Waals surface area contributed by atoms with Crippen molar-refractivity contribution in [2.45, 2.75) is 19.9 Å². The lowest BCUT2D eigenvalue weighted by atomic mass is 10.1. The normalized spacial score (nSPS) is 19.4. The molecule has 0 amide bonds. The minimum Gasteiger partial charge on any atom is -0.354 e. The Kier molecular flexibility index (Phi) is 3.64.